The lowest BCUT2D eigenvalue weighted by Gasteiger charge is -2.11. The van der Waals surface area contributed by atoms with Gasteiger partial charge in [-0.1, -0.05) is 11.8 Å². The van der Waals surface area contributed by atoms with Crippen molar-refractivity contribution in [2.45, 2.75) is 25.8 Å². The van der Waals surface area contributed by atoms with Gasteiger partial charge < -0.3 is 10.1 Å². The number of nitriles is 1. The highest BCUT2D eigenvalue weighted by molar-refractivity contribution is 8.00. The molecule has 0 bridgehead atoms. The van der Waals surface area contributed by atoms with Crippen molar-refractivity contribution in [1.29, 1.82) is 5.26 Å². The van der Waals surface area contributed by atoms with Crippen molar-refractivity contribution in [1.82, 2.24) is 9.97 Å². The lowest BCUT2D eigenvalue weighted by molar-refractivity contribution is -0.113. The van der Waals surface area contributed by atoms with Crippen LogP contribution in [0.1, 0.15) is 21.6 Å². The molecule has 2 aromatic heterocycles. The number of hydrogen-bond acceptors (Lipinski definition) is 7. The topological polar surface area (TPSA) is 87.9 Å². The van der Waals surface area contributed by atoms with Gasteiger partial charge in [0, 0.05) is 16.0 Å². The normalized spacial score (nSPS) is 10.7. The van der Waals surface area contributed by atoms with Gasteiger partial charge in [-0.15, -0.1) is 11.3 Å². The Morgan fingerprint density at radius 1 is 1.12 bits per heavy atom. The molecule has 0 fully saturated rings. The highest BCUT2D eigenvalue weighted by atomic mass is 32.2. The van der Waals surface area contributed by atoms with E-state index in [-0.39, 0.29) is 11.7 Å². The molecule has 4 rings (SSSR count). The fourth-order valence-electron chi connectivity index (χ4n) is 3.15. The Balaban J connectivity index is 1.40. The van der Waals surface area contributed by atoms with Gasteiger partial charge in [0.1, 0.15) is 27.7 Å². The van der Waals surface area contributed by atoms with Crippen LogP contribution >= 0.6 is 23.1 Å². The molecule has 0 saturated carbocycles. The van der Waals surface area contributed by atoms with Crippen LogP contribution in [0.2, 0.25) is 0 Å². The number of thiophene rings is 1. The summed E-state index contributed by atoms with van der Waals surface area (Å²) < 4.78 is 5.84. The molecule has 2 aromatic carbocycles. The molecule has 4 aromatic rings. The summed E-state index contributed by atoms with van der Waals surface area (Å²) in [4.78, 5) is 23.5. The van der Waals surface area contributed by atoms with Gasteiger partial charge in [0.2, 0.25) is 5.91 Å². The zero-order chi connectivity index (χ0) is 22.7. The first-order valence-corrected chi connectivity index (χ1v) is 11.7. The summed E-state index contributed by atoms with van der Waals surface area (Å²) in [6.07, 6.45) is 1.55. The number of nitrogens with zero attached hydrogens (tertiary/aromatic N) is 3. The van der Waals surface area contributed by atoms with E-state index < -0.39 is 0 Å². The Labute approximate surface area is 194 Å². The number of aromatic nitrogens is 2. The van der Waals surface area contributed by atoms with Gasteiger partial charge in [-0.25, -0.2) is 9.97 Å². The first kappa shape index (κ1) is 21.8. The maximum Gasteiger partial charge on any atom is 0.234 e. The number of nitrogens with one attached hydrogen (secondary N) is 1. The van der Waals surface area contributed by atoms with Crippen molar-refractivity contribution < 1.29 is 9.53 Å². The molecule has 1 amide bonds. The summed E-state index contributed by atoms with van der Waals surface area (Å²) in [5.74, 6) is 1.46. The van der Waals surface area contributed by atoms with Crippen LogP contribution in [0.4, 0.5) is 5.69 Å². The SMILES string of the molecule is Cc1cc(Oc2ccc(C#N)cc2)ccc1NC(=O)CSc1ncnc2sc(C)c(C)c12. The van der Waals surface area contributed by atoms with E-state index in [1.54, 1.807) is 48.0 Å². The number of carbonyl (C=O) groups is 1. The average molecular weight is 461 g/mol. The molecule has 0 spiro atoms. The van der Waals surface area contributed by atoms with Crippen LogP contribution in [0.15, 0.2) is 53.8 Å². The molecular weight excluding hydrogens is 440 g/mol. The first-order chi connectivity index (χ1) is 15.4. The Hall–Kier alpha value is -3.41. The molecule has 0 aliphatic carbocycles. The van der Waals surface area contributed by atoms with Crippen molar-refractivity contribution in [3.8, 4) is 17.6 Å². The van der Waals surface area contributed by atoms with E-state index in [1.807, 2.05) is 19.1 Å². The average Bonchev–Trinajstić information content (AvgIpc) is 3.09. The van der Waals surface area contributed by atoms with Gasteiger partial charge in [-0.05, 0) is 74.4 Å². The van der Waals surface area contributed by atoms with E-state index in [0.717, 1.165) is 26.5 Å². The fourth-order valence-corrected chi connectivity index (χ4v) is 5.07. The molecule has 1 N–H and O–H groups in total. The second-order valence-corrected chi connectivity index (χ2v) is 9.36. The van der Waals surface area contributed by atoms with Crippen molar-refractivity contribution in [3.05, 3.63) is 70.4 Å². The highest BCUT2D eigenvalue weighted by Crippen LogP contribution is 2.34. The summed E-state index contributed by atoms with van der Waals surface area (Å²) in [7, 11) is 0. The molecule has 6 nitrogen and oxygen atoms in total. The highest BCUT2D eigenvalue weighted by Gasteiger charge is 2.14. The number of hydrogen-bond donors (Lipinski definition) is 1. The van der Waals surface area contributed by atoms with Crippen molar-refractivity contribution in [2.75, 3.05) is 11.1 Å². The quantitative estimate of drug-likeness (QED) is 0.280. The summed E-state index contributed by atoms with van der Waals surface area (Å²) in [5, 5.41) is 13.7. The number of anilines is 1. The van der Waals surface area contributed by atoms with Gasteiger partial charge in [0.25, 0.3) is 0 Å². The van der Waals surface area contributed by atoms with Gasteiger partial charge >= 0.3 is 0 Å². The zero-order valence-electron chi connectivity index (χ0n) is 17.8. The molecule has 8 heteroatoms. The summed E-state index contributed by atoms with van der Waals surface area (Å²) in [6, 6.07) is 14.5. The van der Waals surface area contributed by atoms with Crippen LogP contribution in [-0.2, 0) is 4.79 Å². The van der Waals surface area contributed by atoms with Crippen LogP contribution in [0.25, 0.3) is 10.2 Å². The minimum atomic E-state index is -0.102. The van der Waals surface area contributed by atoms with Crippen molar-refractivity contribution in [2.24, 2.45) is 0 Å². The molecule has 0 atom stereocenters. The third-order valence-electron chi connectivity index (χ3n) is 4.96. The second kappa shape index (κ2) is 9.39. The Morgan fingerprint density at radius 2 is 1.88 bits per heavy atom. The smallest absolute Gasteiger partial charge is 0.234 e. The molecule has 160 valence electrons. The van der Waals surface area contributed by atoms with Crippen molar-refractivity contribution in [3.63, 3.8) is 0 Å². The van der Waals surface area contributed by atoms with E-state index in [4.69, 9.17) is 10.00 Å². The van der Waals surface area contributed by atoms with Gasteiger partial charge in [-0.3, -0.25) is 4.79 Å². The Bertz CT molecular complexity index is 1340. The van der Waals surface area contributed by atoms with E-state index in [9.17, 15) is 4.79 Å². The number of carbonyl (C=O) groups excluding carboxylic acids is 1. The number of ether oxygens (including phenoxy) is 1. The number of amides is 1. The monoisotopic (exact) mass is 460 g/mol. The second-order valence-electron chi connectivity index (χ2n) is 7.19. The Morgan fingerprint density at radius 3 is 2.59 bits per heavy atom. The molecule has 0 saturated heterocycles. The van der Waals surface area contributed by atoms with E-state index >= 15 is 0 Å². The number of fused-ring (bicyclic) bond motifs is 1. The maximum absolute atomic E-state index is 12.6. The zero-order valence-corrected chi connectivity index (χ0v) is 19.4. The number of benzene rings is 2. The summed E-state index contributed by atoms with van der Waals surface area (Å²) in [5.41, 5.74) is 3.38. The lowest BCUT2D eigenvalue weighted by Crippen LogP contribution is -2.15. The van der Waals surface area contributed by atoms with Crippen LogP contribution in [0.3, 0.4) is 0 Å². The number of aryl methyl sites for hydroxylation is 3. The van der Waals surface area contributed by atoms with E-state index in [1.165, 1.54) is 22.2 Å². The van der Waals surface area contributed by atoms with E-state index in [0.29, 0.717) is 17.1 Å². The molecule has 0 unspecified atom stereocenters. The number of rotatable bonds is 6. The predicted molar refractivity (Wildman–Crippen MR) is 129 cm³/mol. The molecule has 0 radical (unpaired) electrons. The Kier molecular flexibility index (Phi) is 6.40. The van der Waals surface area contributed by atoms with Gasteiger partial charge in [0.15, 0.2) is 0 Å². The molecule has 0 aliphatic heterocycles. The molecule has 32 heavy (non-hydrogen) atoms. The summed E-state index contributed by atoms with van der Waals surface area (Å²) >= 11 is 3.06. The van der Waals surface area contributed by atoms with E-state index in [2.05, 4.69) is 35.2 Å². The standard InChI is InChI=1S/C24H20N4O2S2/c1-14-10-19(30-18-6-4-17(11-25)5-7-18)8-9-20(14)28-21(29)12-31-23-22-15(2)16(3)32-24(22)27-13-26-23/h4-10,13H,12H2,1-3H3,(H,28,29). The van der Waals surface area contributed by atoms with Crippen molar-refractivity contribution >= 4 is 44.9 Å². The number of thioether (sulfide) groups is 1. The van der Waals surface area contributed by atoms with Gasteiger partial charge in [-0.2, -0.15) is 5.26 Å². The molecular formula is C24H20N4O2S2. The van der Waals surface area contributed by atoms with Crippen LogP contribution < -0.4 is 10.1 Å². The predicted octanol–water partition coefficient (Wildman–Crippen LogP) is 6.01. The first-order valence-electron chi connectivity index (χ1n) is 9.86. The molecule has 2 heterocycles. The minimum Gasteiger partial charge on any atom is -0.457 e. The van der Waals surface area contributed by atoms with Crippen LogP contribution in [0, 0.1) is 32.1 Å². The summed E-state index contributed by atoms with van der Waals surface area (Å²) in [6.45, 7) is 6.05. The third-order valence-corrected chi connectivity index (χ3v) is 7.07. The lowest BCUT2D eigenvalue weighted by atomic mass is 10.2. The minimum absolute atomic E-state index is 0.102. The third kappa shape index (κ3) is 4.74. The molecule has 0 aliphatic rings. The fraction of sp³-hybridized carbons (Fsp3) is 0.167. The van der Waals surface area contributed by atoms with Gasteiger partial charge in [0.05, 0.1) is 17.4 Å². The maximum atomic E-state index is 12.6. The van der Waals surface area contributed by atoms with Crippen LogP contribution in [-0.4, -0.2) is 21.6 Å². The largest absolute Gasteiger partial charge is 0.457 e. The van der Waals surface area contributed by atoms with Crippen LogP contribution in [0.5, 0.6) is 11.5 Å².